The van der Waals surface area contributed by atoms with Crippen LogP contribution >= 0.6 is 0 Å². The maximum absolute atomic E-state index is 14.4. The third-order valence-corrected chi connectivity index (χ3v) is 4.97. The molecule has 0 bridgehead atoms. The number of sulfonamides is 1. The summed E-state index contributed by atoms with van der Waals surface area (Å²) >= 11 is 0. The van der Waals surface area contributed by atoms with E-state index in [0.29, 0.717) is 11.1 Å². The number of amides is 1. The summed E-state index contributed by atoms with van der Waals surface area (Å²) in [5, 5.41) is 5.47. The van der Waals surface area contributed by atoms with Crippen molar-refractivity contribution in [2.75, 3.05) is 16.3 Å². The van der Waals surface area contributed by atoms with Gasteiger partial charge in [0.1, 0.15) is 5.82 Å². The summed E-state index contributed by atoms with van der Waals surface area (Å²) in [6.07, 6.45) is 0.181. The van der Waals surface area contributed by atoms with Crippen LogP contribution in [-0.2, 0) is 27.5 Å². The van der Waals surface area contributed by atoms with Gasteiger partial charge in [-0.3, -0.25) is 9.52 Å². The minimum absolute atomic E-state index is 0.0792. The van der Waals surface area contributed by atoms with Crippen molar-refractivity contribution >= 4 is 39.5 Å². The molecule has 0 aromatic heterocycles. The highest BCUT2D eigenvalue weighted by molar-refractivity contribution is 7.92. The van der Waals surface area contributed by atoms with Crippen LogP contribution < -0.4 is 15.4 Å². The van der Waals surface area contributed by atoms with E-state index in [1.165, 1.54) is 24.3 Å². The third kappa shape index (κ3) is 7.91. The highest BCUT2D eigenvalue weighted by atomic mass is 32.2. The Morgan fingerprint density at radius 1 is 1.15 bits per heavy atom. The zero-order valence-electron chi connectivity index (χ0n) is 18.8. The quantitative estimate of drug-likeness (QED) is 0.334. The molecule has 0 aliphatic carbocycles. The van der Waals surface area contributed by atoms with Crippen molar-refractivity contribution in [3.63, 3.8) is 0 Å². The molecule has 0 heterocycles. The lowest BCUT2D eigenvalue weighted by molar-refractivity contribution is -0.137. The van der Waals surface area contributed by atoms with Gasteiger partial charge >= 0.3 is 6.18 Å². The smallest absolute Gasteiger partial charge is 0.382 e. The van der Waals surface area contributed by atoms with Gasteiger partial charge < -0.3 is 10.6 Å². The first-order valence-corrected chi connectivity index (χ1v) is 11.9. The van der Waals surface area contributed by atoms with Crippen LogP contribution in [0.3, 0.4) is 0 Å². The van der Waals surface area contributed by atoms with E-state index in [4.69, 9.17) is 0 Å². The van der Waals surface area contributed by atoms with Crippen molar-refractivity contribution in [2.45, 2.75) is 32.6 Å². The van der Waals surface area contributed by atoms with Crippen molar-refractivity contribution < 1.29 is 30.8 Å². The predicted molar refractivity (Wildman–Crippen MR) is 126 cm³/mol. The summed E-state index contributed by atoms with van der Waals surface area (Å²) < 4.78 is 78.4. The molecule has 3 N–H and O–H groups in total. The van der Waals surface area contributed by atoms with E-state index in [1.807, 2.05) is 0 Å². The molecule has 2 aromatic carbocycles. The molecular formula is C23H25F4N3O3S. The number of rotatable bonds is 9. The van der Waals surface area contributed by atoms with Gasteiger partial charge in [0.25, 0.3) is 0 Å². The second kappa shape index (κ2) is 10.7. The fourth-order valence-corrected chi connectivity index (χ4v) is 3.56. The Kier molecular flexibility index (Phi) is 8.49. The molecule has 34 heavy (non-hydrogen) atoms. The summed E-state index contributed by atoms with van der Waals surface area (Å²) in [6.45, 7) is 7.00. The molecule has 0 aliphatic heterocycles. The second-order valence-corrected chi connectivity index (χ2v) is 9.52. The van der Waals surface area contributed by atoms with E-state index in [0.717, 1.165) is 30.5 Å². The Hall–Kier alpha value is -3.34. The van der Waals surface area contributed by atoms with Crippen LogP contribution in [0, 0.1) is 5.82 Å². The highest BCUT2D eigenvalue weighted by Gasteiger charge is 2.31. The molecule has 184 valence electrons. The molecule has 0 spiro atoms. The first kappa shape index (κ1) is 26.9. The number of hydrogen-bond donors (Lipinski definition) is 3. The van der Waals surface area contributed by atoms with Gasteiger partial charge in [0, 0.05) is 29.9 Å². The lowest BCUT2D eigenvalue weighted by Crippen LogP contribution is -2.21. The molecule has 1 amide bonds. The monoisotopic (exact) mass is 499 g/mol. The van der Waals surface area contributed by atoms with Gasteiger partial charge in [-0.05, 0) is 55.3 Å². The Morgan fingerprint density at radius 3 is 2.38 bits per heavy atom. The third-order valence-electron chi connectivity index (χ3n) is 4.39. The van der Waals surface area contributed by atoms with E-state index >= 15 is 0 Å². The average molecular weight is 500 g/mol. The minimum atomic E-state index is -4.50. The zero-order valence-corrected chi connectivity index (χ0v) is 19.6. The van der Waals surface area contributed by atoms with Crippen molar-refractivity contribution in [1.29, 1.82) is 0 Å². The van der Waals surface area contributed by atoms with Crippen LogP contribution in [0.1, 0.15) is 36.1 Å². The lowest BCUT2D eigenvalue weighted by Gasteiger charge is -2.16. The maximum Gasteiger partial charge on any atom is 0.416 e. The Bertz CT molecular complexity index is 1210. The van der Waals surface area contributed by atoms with Crippen LogP contribution in [-0.4, -0.2) is 26.6 Å². The predicted octanol–water partition coefficient (Wildman–Crippen LogP) is 5.01. The lowest BCUT2D eigenvalue weighted by atomic mass is 10.1. The van der Waals surface area contributed by atoms with Crippen molar-refractivity contribution in [3.8, 4) is 0 Å². The van der Waals surface area contributed by atoms with E-state index in [-0.39, 0.29) is 29.5 Å². The Morgan fingerprint density at radius 2 is 1.82 bits per heavy atom. The van der Waals surface area contributed by atoms with Gasteiger partial charge in [-0.1, -0.05) is 18.7 Å². The molecule has 0 atom stereocenters. The molecule has 0 aliphatic rings. The van der Waals surface area contributed by atoms with Gasteiger partial charge in [-0.2, -0.15) is 13.2 Å². The molecule has 2 rings (SSSR count). The summed E-state index contributed by atoms with van der Waals surface area (Å²) in [5.41, 5.74) is 0.0870. The van der Waals surface area contributed by atoms with Gasteiger partial charge in [0.05, 0.1) is 17.5 Å². The van der Waals surface area contributed by atoms with Crippen molar-refractivity contribution in [1.82, 2.24) is 5.32 Å². The van der Waals surface area contributed by atoms with Gasteiger partial charge in [0.2, 0.25) is 15.9 Å². The Labute approximate surface area is 195 Å². The fourth-order valence-electron chi connectivity index (χ4n) is 2.97. The molecule has 0 saturated carbocycles. The summed E-state index contributed by atoms with van der Waals surface area (Å²) in [7, 11) is -3.71. The summed E-state index contributed by atoms with van der Waals surface area (Å²) in [5.74, 6) is -1.40. The van der Waals surface area contributed by atoms with Gasteiger partial charge in [-0.25, -0.2) is 12.8 Å². The Balaban J connectivity index is 2.17. The molecule has 0 fully saturated rings. The first-order valence-electron chi connectivity index (χ1n) is 10.1. The summed E-state index contributed by atoms with van der Waals surface area (Å²) in [6, 6.07) is 5.56. The standard InChI is InChI=1S/C23H25F4N3O3S/c1-5-16-10-15(11-19(24)22(16)30-34(4,32)33)13-28-21(31)9-7-17-6-8-18(23(25,26)27)12-20(17)29-14(2)3/h5-12,14,29-30H,1,13H2,2-4H3,(H,28,31)/b9-7+. The fraction of sp³-hybridized carbons (Fsp3) is 0.261. The van der Waals surface area contributed by atoms with E-state index < -0.39 is 33.5 Å². The van der Waals surface area contributed by atoms with Crippen LogP contribution in [0.15, 0.2) is 43.0 Å². The SMILES string of the molecule is C=Cc1cc(CNC(=O)/C=C/c2ccc(C(F)(F)F)cc2NC(C)C)cc(F)c1NS(C)(=O)=O. The normalized spacial score (nSPS) is 12.1. The van der Waals surface area contributed by atoms with E-state index in [2.05, 4.69) is 21.9 Å². The number of benzene rings is 2. The average Bonchev–Trinajstić information content (AvgIpc) is 2.70. The summed E-state index contributed by atoms with van der Waals surface area (Å²) in [4.78, 5) is 12.2. The van der Waals surface area contributed by atoms with Crippen LogP contribution in [0.2, 0.25) is 0 Å². The molecule has 11 heteroatoms. The number of halogens is 4. The highest BCUT2D eigenvalue weighted by Crippen LogP contribution is 2.33. The molecular weight excluding hydrogens is 474 g/mol. The molecule has 6 nitrogen and oxygen atoms in total. The topological polar surface area (TPSA) is 87.3 Å². The number of hydrogen-bond acceptors (Lipinski definition) is 4. The number of anilines is 2. The van der Waals surface area contributed by atoms with Crippen LogP contribution in [0.5, 0.6) is 0 Å². The minimum Gasteiger partial charge on any atom is -0.382 e. The maximum atomic E-state index is 14.4. The molecule has 0 unspecified atom stereocenters. The van der Waals surface area contributed by atoms with E-state index in [9.17, 15) is 30.8 Å². The zero-order chi connectivity index (χ0) is 25.7. The number of carbonyl (C=O) groups excluding carboxylic acids is 1. The van der Waals surface area contributed by atoms with Crippen LogP contribution in [0.4, 0.5) is 28.9 Å². The van der Waals surface area contributed by atoms with Gasteiger partial charge in [0.15, 0.2) is 0 Å². The largest absolute Gasteiger partial charge is 0.416 e. The van der Waals surface area contributed by atoms with Crippen LogP contribution in [0.25, 0.3) is 12.2 Å². The first-order chi connectivity index (χ1) is 15.7. The molecule has 0 radical (unpaired) electrons. The second-order valence-electron chi connectivity index (χ2n) is 7.77. The van der Waals surface area contributed by atoms with Gasteiger partial charge in [-0.15, -0.1) is 0 Å². The van der Waals surface area contributed by atoms with E-state index in [1.54, 1.807) is 13.8 Å². The molecule has 0 saturated heterocycles. The van der Waals surface area contributed by atoms with Crippen molar-refractivity contribution in [3.05, 3.63) is 71.1 Å². The molecule has 2 aromatic rings. The van der Waals surface area contributed by atoms with Crippen molar-refractivity contribution in [2.24, 2.45) is 0 Å². The number of carbonyl (C=O) groups is 1. The number of alkyl halides is 3. The number of nitrogens with one attached hydrogen (secondary N) is 3.